The van der Waals surface area contributed by atoms with Crippen molar-refractivity contribution in [2.45, 2.75) is 20.8 Å². The molecule has 0 fully saturated rings. The quantitative estimate of drug-likeness (QED) is 0.683. The average molecular weight is 275 g/mol. The molecule has 0 atom stereocenters. The number of aryl methyl sites for hydroxylation is 3. The van der Waals surface area contributed by atoms with Crippen LogP contribution in [0.25, 0.3) is 11.1 Å². The largest absolute Gasteiger partial charge is 0.0620 e. The van der Waals surface area contributed by atoms with E-state index in [1.165, 1.54) is 32.3 Å². The lowest BCUT2D eigenvalue weighted by Gasteiger charge is -2.11. The van der Waals surface area contributed by atoms with Gasteiger partial charge in [0, 0.05) is 4.47 Å². The fourth-order valence-corrected chi connectivity index (χ4v) is 2.40. The number of hydrogen-bond donors (Lipinski definition) is 0. The van der Waals surface area contributed by atoms with Gasteiger partial charge in [0.05, 0.1) is 0 Å². The molecule has 0 aliphatic heterocycles. The summed E-state index contributed by atoms with van der Waals surface area (Å²) >= 11 is 3.57. The number of hydrogen-bond acceptors (Lipinski definition) is 0. The van der Waals surface area contributed by atoms with Gasteiger partial charge in [-0.1, -0.05) is 46.3 Å². The highest BCUT2D eigenvalue weighted by Gasteiger charge is 2.06. The Morgan fingerprint density at radius 2 is 1.44 bits per heavy atom. The van der Waals surface area contributed by atoms with Gasteiger partial charge in [0.2, 0.25) is 0 Å². The zero-order valence-electron chi connectivity index (χ0n) is 9.84. The minimum atomic E-state index is 1.18. The van der Waals surface area contributed by atoms with E-state index in [2.05, 4.69) is 73.1 Å². The molecule has 0 aliphatic rings. The fourth-order valence-electron chi connectivity index (χ4n) is 1.95. The van der Waals surface area contributed by atoms with Gasteiger partial charge in [-0.15, -0.1) is 0 Å². The number of benzene rings is 2. The fraction of sp³-hybridized carbons (Fsp3) is 0.200. The third-order valence-corrected chi connectivity index (χ3v) is 3.80. The molecule has 0 unspecified atom stereocenters. The molecule has 2 aromatic rings. The van der Waals surface area contributed by atoms with Crippen LogP contribution in [0.4, 0.5) is 0 Å². The maximum Gasteiger partial charge on any atom is 0.0207 e. The lowest BCUT2D eigenvalue weighted by molar-refractivity contribution is 1.35. The van der Waals surface area contributed by atoms with Gasteiger partial charge in [-0.25, -0.2) is 0 Å². The van der Waals surface area contributed by atoms with Crippen LogP contribution in [-0.2, 0) is 0 Å². The third-order valence-electron chi connectivity index (χ3n) is 2.94. The van der Waals surface area contributed by atoms with E-state index < -0.39 is 0 Å². The standard InChI is InChI=1S/C15H15Br/c1-10-6-4-5-7-13(10)14-8-12(3)15(16)9-11(14)2/h4-9H,1-3H3. The molecule has 1 heteroatoms. The lowest BCUT2D eigenvalue weighted by Crippen LogP contribution is -1.89. The van der Waals surface area contributed by atoms with Gasteiger partial charge in [0.1, 0.15) is 0 Å². The zero-order valence-corrected chi connectivity index (χ0v) is 11.4. The summed E-state index contributed by atoms with van der Waals surface area (Å²) in [5.41, 5.74) is 6.58. The Balaban J connectivity index is 2.65. The predicted octanol–water partition coefficient (Wildman–Crippen LogP) is 5.04. The molecule has 0 saturated carbocycles. The van der Waals surface area contributed by atoms with Crippen LogP contribution < -0.4 is 0 Å². The lowest BCUT2D eigenvalue weighted by atomic mass is 9.95. The number of rotatable bonds is 1. The second-order valence-electron chi connectivity index (χ2n) is 4.23. The first-order valence-corrected chi connectivity index (χ1v) is 6.21. The maximum atomic E-state index is 3.57. The van der Waals surface area contributed by atoms with E-state index in [0.717, 1.165) is 0 Å². The Bertz CT molecular complexity index is 527. The molecule has 16 heavy (non-hydrogen) atoms. The van der Waals surface area contributed by atoms with E-state index in [-0.39, 0.29) is 0 Å². The van der Waals surface area contributed by atoms with Crippen molar-refractivity contribution in [1.29, 1.82) is 0 Å². The summed E-state index contributed by atoms with van der Waals surface area (Å²) in [5.74, 6) is 0. The van der Waals surface area contributed by atoms with Crippen LogP contribution in [0, 0.1) is 20.8 Å². The van der Waals surface area contributed by atoms with Crippen molar-refractivity contribution >= 4 is 15.9 Å². The van der Waals surface area contributed by atoms with Gasteiger partial charge in [-0.05, 0) is 54.7 Å². The highest BCUT2D eigenvalue weighted by molar-refractivity contribution is 9.10. The third kappa shape index (κ3) is 2.05. The summed E-state index contributed by atoms with van der Waals surface area (Å²) in [4.78, 5) is 0. The summed E-state index contributed by atoms with van der Waals surface area (Å²) in [5, 5.41) is 0. The van der Waals surface area contributed by atoms with E-state index in [9.17, 15) is 0 Å². The molecule has 0 N–H and O–H groups in total. The van der Waals surface area contributed by atoms with Gasteiger partial charge < -0.3 is 0 Å². The summed E-state index contributed by atoms with van der Waals surface area (Å²) in [6.07, 6.45) is 0. The van der Waals surface area contributed by atoms with E-state index >= 15 is 0 Å². The Hall–Kier alpha value is -1.08. The maximum absolute atomic E-state index is 3.57. The van der Waals surface area contributed by atoms with Gasteiger partial charge in [-0.3, -0.25) is 0 Å². The Kier molecular flexibility index (Phi) is 3.15. The van der Waals surface area contributed by atoms with Crippen LogP contribution >= 0.6 is 15.9 Å². The van der Waals surface area contributed by atoms with Crippen molar-refractivity contribution in [3.63, 3.8) is 0 Å². The van der Waals surface area contributed by atoms with Gasteiger partial charge in [-0.2, -0.15) is 0 Å². The minimum absolute atomic E-state index is 1.18. The Morgan fingerprint density at radius 3 is 2.12 bits per heavy atom. The molecule has 0 spiro atoms. The molecule has 0 bridgehead atoms. The normalized spacial score (nSPS) is 10.5. The van der Waals surface area contributed by atoms with Crippen LogP contribution in [-0.4, -0.2) is 0 Å². The molecule has 0 heterocycles. The highest BCUT2D eigenvalue weighted by Crippen LogP contribution is 2.30. The molecule has 2 aromatic carbocycles. The van der Waals surface area contributed by atoms with Crippen molar-refractivity contribution < 1.29 is 0 Å². The van der Waals surface area contributed by atoms with E-state index in [1.807, 2.05) is 0 Å². The molecule has 0 aromatic heterocycles. The van der Waals surface area contributed by atoms with Gasteiger partial charge in [0.15, 0.2) is 0 Å². The summed E-state index contributed by atoms with van der Waals surface area (Å²) in [6.45, 7) is 6.45. The van der Waals surface area contributed by atoms with Crippen molar-refractivity contribution in [3.05, 3.63) is 57.6 Å². The molecule has 82 valence electrons. The van der Waals surface area contributed by atoms with Crippen LogP contribution in [0.15, 0.2) is 40.9 Å². The molecule has 2 rings (SSSR count). The summed E-state index contributed by atoms with van der Waals surface area (Å²) in [6, 6.07) is 13.0. The van der Waals surface area contributed by atoms with E-state index in [0.29, 0.717) is 0 Å². The van der Waals surface area contributed by atoms with Crippen LogP contribution in [0.2, 0.25) is 0 Å². The smallest absolute Gasteiger partial charge is 0.0207 e. The van der Waals surface area contributed by atoms with Crippen molar-refractivity contribution in [2.75, 3.05) is 0 Å². The average Bonchev–Trinajstić information content (AvgIpc) is 2.25. The van der Waals surface area contributed by atoms with Crippen molar-refractivity contribution in [1.82, 2.24) is 0 Å². The molecule has 0 amide bonds. The second-order valence-corrected chi connectivity index (χ2v) is 5.09. The number of halogens is 1. The van der Waals surface area contributed by atoms with Gasteiger partial charge in [0.25, 0.3) is 0 Å². The second kappa shape index (κ2) is 4.42. The van der Waals surface area contributed by atoms with Crippen molar-refractivity contribution in [3.8, 4) is 11.1 Å². The highest BCUT2D eigenvalue weighted by atomic mass is 79.9. The molecular weight excluding hydrogens is 260 g/mol. The van der Waals surface area contributed by atoms with Crippen LogP contribution in [0.5, 0.6) is 0 Å². The molecule has 0 nitrogen and oxygen atoms in total. The zero-order chi connectivity index (χ0) is 11.7. The van der Waals surface area contributed by atoms with E-state index in [4.69, 9.17) is 0 Å². The van der Waals surface area contributed by atoms with Crippen LogP contribution in [0.3, 0.4) is 0 Å². The Morgan fingerprint density at radius 1 is 0.750 bits per heavy atom. The summed E-state index contributed by atoms with van der Waals surface area (Å²) in [7, 11) is 0. The molecule has 0 aliphatic carbocycles. The molecule has 0 saturated heterocycles. The first-order chi connectivity index (χ1) is 7.59. The summed E-state index contributed by atoms with van der Waals surface area (Å²) < 4.78 is 1.18. The van der Waals surface area contributed by atoms with Gasteiger partial charge >= 0.3 is 0 Å². The van der Waals surface area contributed by atoms with Crippen molar-refractivity contribution in [2.24, 2.45) is 0 Å². The Labute approximate surface area is 105 Å². The first-order valence-electron chi connectivity index (χ1n) is 5.42. The predicted molar refractivity (Wildman–Crippen MR) is 73.8 cm³/mol. The van der Waals surface area contributed by atoms with Crippen LogP contribution in [0.1, 0.15) is 16.7 Å². The first kappa shape index (κ1) is 11.4. The monoisotopic (exact) mass is 274 g/mol. The minimum Gasteiger partial charge on any atom is -0.0620 e. The molecular formula is C15H15Br. The molecule has 0 radical (unpaired) electrons. The SMILES string of the molecule is Cc1cc(-c2ccccc2C)c(C)cc1Br. The topological polar surface area (TPSA) is 0 Å². The van der Waals surface area contributed by atoms with E-state index in [1.54, 1.807) is 0 Å².